The Kier molecular flexibility index (Phi) is 2.63. The lowest BCUT2D eigenvalue weighted by atomic mass is 10.1. The van der Waals surface area contributed by atoms with Crippen molar-refractivity contribution in [1.29, 1.82) is 0 Å². The molecule has 0 amide bonds. The number of hydrogen-bond acceptors (Lipinski definition) is 3. The van der Waals surface area contributed by atoms with Crippen LogP contribution in [0.3, 0.4) is 0 Å². The second-order valence-corrected chi connectivity index (χ2v) is 3.34. The van der Waals surface area contributed by atoms with Gasteiger partial charge in [0.05, 0.1) is 7.11 Å². The van der Waals surface area contributed by atoms with Gasteiger partial charge in [-0.3, -0.25) is 4.98 Å². The fourth-order valence-electron chi connectivity index (χ4n) is 1.41. The van der Waals surface area contributed by atoms with E-state index in [0.29, 0.717) is 5.88 Å². The zero-order chi connectivity index (χ0) is 10.7. The molecule has 0 bridgehead atoms. The van der Waals surface area contributed by atoms with E-state index in [0.717, 1.165) is 16.7 Å². The van der Waals surface area contributed by atoms with Gasteiger partial charge in [-0.05, 0) is 30.2 Å². The molecular weight excluding hydrogens is 188 g/mol. The van der Waals surface area contributed by atoms with Crippen LogP contribution in [0.5, 0.6) is 5.88 Å². The topological polar surface area (TPSA) is 35.0 Å². The molecule has 0 radical (unpaired) electrons. The molecule has 0 saturated heterocycles. The van der Waals surface area contributed by atoms with Gasteiger partial charge in [-0.25, -0.2) is 4.98 Å². The Labute approximate surface area is 88.8 Å². The summed E-state index contributed by atoms with van der Waals surface area (Å²) < 4.78 is 5.08. The fraction of sp³-hybridized carbons (Fsp3) is 0.167. The summed E-state index contributed by atoms with van der Waals surface area (Å²) >= 11 is 0. The summed E-state index contributed by atoms with van der Waals surface area (Å²) in [7, 11) is 1.61. The molecular formula is C12H12N2O. The van der Waals surface area contributed by atoms with E-state index in [1.165, 1.54) is 0 Å². The van der Waals surface area contributed by atoms with Crippen molar-refractivity contribution in [3.8, 4) is 17.0 Å². The molecule has 0 N–H and O–H groups in total. The van der Waals surface area contributed by atoms with Crippen molar-refractivity contribution in [2.24, 2.45) is 0 Å². The zero-order valence-electron chi connectivity index (χ0n) is 8.77. The number of aryl methyl sites for hydroxylation is 1. The van der Waals surface area contributed by atoms with Gasteiger partial charge in [0.25, 0.3) is 0 Å². The molecule has 2 heterocycles. The summed E-state index contributed by atoms with van der Waals surface area (Å²) in [6.07, 6.45) is 5.40. The molecule has 76 valence electrons. The molecule has 0 aromatic carbocycles. The molecule has 2 aromatic rings. The molecule has 0 aliphatic heterocycles. The maximum Gasteiger partial charge on any atom is 0.213 e. The third-order valence-electron chi connectivity index (χ3n) is 2.15. The van der Waals surface area contributed by atoms with E-state index in [-0.39, 0.29) is 0 Å². The van der Waals surface area contributed by atoms with Gasteiger partial charge in [0.1, 0.15) is 0 Å². The number of hydrogen-bond donors (Lipinski definition) is 0. The van der Waals surface area contributed by atoms with Crippen LogP contribution >= 0.6 is 0 Å². The highest BCUT2D eigenvalue weighted by molar-refractivity contribution is 5.63. The van der Waals surface area contributed by atoms with Crippen LogP contribution in [0.2, 0.25) is 0 Å². The van der Waals surface area contributed by atoms with Crippen molar-refractivity contribution >= 4 is 0 Å². The van der Waals surface area contributed by atoms with E-state index in [1.54, 1.807) is 13.3 Å². The van der Waals surface area contributed by atoms with E-state index in [4.69, 9.17) is 4.74 Å². The van der Waals surface area contributed by atoms with Gasteiger partial charge in [-0.15, -0.1) is 0 Å². The molecule has 0 saturated carbocycles. The summed E-state index contributed by atoms with van der Waals surface area (Å²) in [6, 6.07) is 5.93. The normalized spacial score (nSPS) is 10.0. The van der Waals surface area contributed by atoms with Crippen LogP contribution in [0.25, 0.3) is 11.1 Å². The Bertz CT molecular complexity index is 469. The second kappa shape index (κ2) is 4.09. The maximum atomic E-state index is 5.08. The first-order valence-electron chi connectivity index (χ1n) is 4.71. The monoisotopic (exact) mass is 200 g/mol. The minimum Gasteiger partial charge on any atom is -0.481 e. The van der Waals surface area contributed by atoms with E-state index in [2.05, 4.69) is 16.0 Å². The summed E-state index contributed by atoms with van der Waals surface area (Å²) in [4.78, 5) is 8.22. The second-order valence-electron chi connectivity index (χ2n) is 3.34. The SMILES string of the molecule is COc1cc(-c2cncc(C)c2)ccn1. The van der Waals surface area contributed by atoms with Crippen molar-refractivity contribution in [2.45, 2.75) is 6.92 Å². The molecule has 3 heteroatoms. The Balaban J connectivity index is 2.44. The number of methoxy groups -OCH3 is 1. The summed E-state index contributed by atoms with van der Waals surface area (Å²) in [5.74, 6) is 0.619. The summed E-state index contributed by atoms with van der Waals surface area (Å²) in [6.45, 7) is 2.02. The third-order valence-corrected chi connectivity index (χ3v) is 2.15. The van der Waals surface area contributed by atoms with E-state index >= 15 is 0 Å². The van der Waals surface area contributed by atoms with Crippen molar-refractivity contribution in [3.63, 3.8) is 0 Å². The van der Waals surface area contributed by atoms with Crippen LogP contribution in [0.15, 0.2) is 36.8 Å². The first kappa shape index (κ1) is 9.65. The zero-order valence-corrected chi connectivity index (χ0v) is 8.77. The molecule has 0 aliphatic carbocycles. The number of pyridine rings is 2. The average molecular weight is 200 g/mol. The van der Waals surface area contributed by atoms with E-state index in [1.807, 2.05) is 31.5 Å². The third kappa shape index (κ3) is 2.13. The number of aromatic nitrogens is 2. The Morgan fingerprint density at radius 3 is 2.73 bits per heavy atom. The lowest BCUT2D eigenvalue weighted by Gasteiger charge is -2.03. The quantitative estimate of drug-likeness (QED) is 0.747. The van der Waals surface area contributed by atoms with Crippen LogP contribution in [0, 0.1) is 6.92 Å². The van der Waals surface area contributed by atoms with E-state index < -0.39 is 0 Å². The first-order chi connectivity index (χ1) is 7.29. The Morgan fingerprint density at radius 2 is 2.00 bits per heavy atom. The fourth-order valence-corrected chi connectivity index (χ4v) is 1.41. The summed E-state index contributed by atoms with van der Waals surface area (Å²) in [5, 5.41) is 0. The van der Waals surface area contributed by atoms with Gasteiger partial charge in [-0.1, -0.05) is 0 Å². The molecule has 15 heavy (non-hydrogen) atoms. The van der Waals surface area contributed by atoms with Crippen LogP contribution in [-0.4, -0.2) is 17.1 Å². The van der Waals surface area contributed by atoms with Crippen LogP contribution in [0.4, 0.5) is 0 Å². The molecule has 0 unspecified atom stereocenters. The van der Waals surface area contributed by atoms with Gasteiger partial charge < -0.3 is 4.74 Å². The predicted octanol–water partition coefficient (Wildman–Crippen LogP) is 2.46. The average Bonchev–Trinajstić information content (AvgIpc) is 2.29. The molecule has 2 rings (SSSR count). The van der Waals surface area contributed by atoms with Crippen molar-refractivity contribution in [1.82, 2.24) is 9.97 Å². The number of ether oxygens (including phenoxy) is 1. The molecule has 0 atom stereocenters. The smallest absolute Gasteiger partial charge is 0.213 e. The minimum absolute atomic E-state index is 0.619. The van der Waals surface area contributed by atoms with Crippen molar-refractivity contribution in [2.75, 3.05) is 7.11 Å². The number of rotatable bonds is 2. The van der Waals surface area contributed by atoms with Gasteiger partial charge in [0.15, 0.2) is 0 Å². The molecule has 0 spiro atoms. The van der Waals surface area contributed by atoms with Gasteiger partial charge >= 0.3 is 0 Å². The van der Waals surface area contributed by atoms with Gasteiger partial charge in [0, 0.05) is 30.2 Å². The number of nitrogens with zero attached hydrogens (tertiary/aromatic N) is 2. The standard InChI is InChI=1S/C12H12N2O/c1-9-5-11(8-13-7-9)10-3-4-14-12(6-10)15-2/h3-8H,1-2H3. The van der Waals surface area contributed by atoms with Crippen LogP contribution in [-0.2, 0) is 0 Å². The Hall–Kier alpha value is -1.90. The van der Waals surface area contributed by atoms with Crippen LogP contribution in [0.1, 0.15) is 5.56 Å². The van der Waals surface area contributed by atoms with Crippen molar-refractivity contribution < 1.29 is 4.74 Å². The molecule has 2 aromatic heterocycles. The van der Waals surface area contributed by atoms with E-state index in [9.17, 15) is 0 Å². The summed E-state index contributed by atoms with van der Waals surface area (Å²) in [5.41, 5.74) is 3.29. The lowest BCUT2D eigenvalue weighted by Crippen LogP contribution is -1.88. The van der Waals surface area contributed by atoms with Gasteiger partial charge in [-0.2, -0.15) is 0 Å². The minimum atomic E-state index is 0.619. The highest BCUT2D eigenvalue weighted by atomic mass is 16.5. The van der Waals surface area contributed by atoms with Crippen molar-refractivity contribution in [3.05, 3.63) is 42.4 Å². The lowest BCUT2D eigenvalue weighted by molar-refractivity contribution is 0.398. The van der Waals surface area contributed by atoms with Gasteiger partial charge in [0.2, 0.25) is 5.88 Å². The largest absolute Gasteiger partial charge is 0.481 e. The molecule has 0 fully saturated rings. The highest BCUT2D eigenvalue weighted by Crippen LogP contribution is 2.21. The van der Waals surface area contributed by atoms with Crippen LogP contribution < -0.4 is 4.74 Å². The first-order valence-corrected chi connectivity index (χ1v) is 4.71. The highest BCUT2D eigenvalue weighted by Gasteiger charge is 2.00. The maximum absolute atomic E-state index is 5.08. The Morgan fingerprint density at radius 1 is 1.13 bits per heavy atom. The predicted molar refractivity (Wildman–Crippen MR) is 58.8 cm³/mol. The molecule has 0 aliphatic rings. The molecule has 3 nitrogen and oxygen atoms in total.